The lowest BCUT2D eigenvalue weighted by Gasteiger charge is -2.22. The molecule has 7 heteroatoms. The Balaban J connectivity index is 2.55. The van der Waals surface area contributed by atoms with E-state index in [1.165, 1.54) is 11.0 Å². The minimum Gasteiger partial charge on any atom is -0.444 e. The van der Waals surface area contributed by atoms with Crippen LogP contribution in [0.4, 0.5) is 4.79 Å². The number of hydrogen-bond acceptors (Lipinski definition) is 5. The first kappa shape index (κ1) is 12.4. The molecule has 0 aliphatic carbocycles. The average Bonchev–Trinajstić information content (AvgIpc) is 2.63. The van der Waals surface area contributed by atoms with Crippen LogP contribution >= 0.6 is 0 Å². The molecular weight excluding hydrogens is 210 g/mol. The van der Waals surface area contributed by atoms with Gasteiger partial charge in [0, 0.05) is 0 Å². The topological polar surface area (TPSA) is 81.9 Å². The standard InChI is InChI=1S/C9H17N5O2/c1-5-7(14-6-10-12-13-14)11-8(15)16-9(2,3)4/h6-7H,5H2,1-4H3,(H,11,15). The quantitative estimate of drug-likeness (QED) is 0.836. The van der Waals surface area contributed by atoms with Crippen molar-refractivity contribution in [2.45, 2.75) is 45.9 Å². The van der Waals surface area contributed by atoms with Crippen LogP contribution in [0.3, 0.4) is 0 Å². The van der Waals surface area contributed by atoms with Crippen molar-refractivity contribution in [1.82, 2.24) is 25.5 Å². The zero-order chi connectivity index (χ0) is 12.2. The molecule has 0 fully saturated rings. The van der Waals surface area contributed by atoms with Gasteiger partial charge in [0.1, 0.15) is 18.1 Å². The van der Waals surface area contributed by atoms with Crippen LogP contribution in [-0.2, 0) is 4.74 Å². The Bertz CT molecular complexity index is 330. The smallest absolute Gasteiger partial charge is 0.409 e. The molecule has 0 spiro atoms. The van der Waals surface area contributed by atoms with Crippen molar-refractivity contribution in [1.29, 1.82) is 0 Å². The Kier molecular flexibility index (Phi) is 3.81. The summed E-state index contributed by atoms with van der Waals surface area (Å²) in [6, 6.07) is 0. The highest BCUT2D eigenvalue weighted by Crippen LogP contribution is 2.09. The second kappa shape index (κ2) is 4.91. The molecule has 0 aliphatic heterocycles. The van der Waals surface area contributed by atoms with E-state index in [4.69, 9.17) is 4.74 Å². The lowest BCUT2D eigenvalue weighted by Crippen LogP contribution is -2.37. The van der Waals surface area contributed by atoms with Gasteiger partial charge in [-0.05, 0) is 37.6 Å². The molecule has 0 aromatic carbocycles. The third-order valence-electron chi connectivity index (χ3n) is 1.75. The van der Waals surface area contributed by atoms with E-state index in [0.717, 1.165) is 0 Å². The minimum absolute atomic E-state index is 0.287. The highest BCUT2D eigenvalue weighted by molar-refractivity contribution is 5.67. The lowest BCUT2D eigenvalue weighted by atomic mass is 10.2. The number of rotatable bonds is 3. The number of aromatic nitrogens is 4. The van der Waals surface area contributed by atoms with E-state index in [2.05, 4.69) is 20.8 Å². The van der Waals surface area contributed by atoms with Crippen LogP contribution in [0.25, 0.3) is 0 Å². The van der Waals surface area contributed by atoms with Crippen LogP contribution in [0.2, 0.25) is 0 Å². The largest absolute Gasteiger partial charge is 0.444 e. The Labute approximate surface area is 94.2 Å². The molecule has 90 valence electrons. The van der Waals surface area contributed by atoms with Gasteiger partial charge in [0.05, 0.1) is 0 Å². The van der Waals surface area contributed by atoms with E-state index in [-0.39, 0.29) is 6.17 Å². The zero-order valence-corrected chi connectivity index (χ0v) is 9.97. The molecule has 0 radical (unpaired) electrons. The fraction of sp³-hybridized carbons (Fsp3) is 0.778. The maximum atomic E-state index is 11.5. The van der Waals surface area contributed by atoms with Crippen molar-refractivity contribution in [3.8, 4) is 0 Å². The van der Waals surface area contributed by atoms with E-state index in [0.29, 0.717) is 6.42 Å². The molecule has 1 heterocycles. The number of tetrazole rings is 1. The zero-order valence-electron chi connectivity index (χ0n) is 9.97. The summed E-state index contributed by atoms with van der Waals surface area (Å²) in [5.41, 5.74) is -0.511. The fourth-order valence-electron chi connectivity index (χ4n) is 1.11. The fourth-order valence-corrected chi connectivity index (χ4v) is 1.11. The van der Waals surface area contributed by atoms with Gasteiger partial charge in [-0.2, -0.15) is 0 Å². The minimum atomic E-state index is -0.511. The van der Waals surface area contributed by atoms with Gasteiger partial charge in [0.15, 0.2) is 0 Å². The molecule has 1 unspecified atom stereocenters. The van der Waals surface area contributed by atoms with Gasteiger partial charge in [-0.25, -0.2) is 9.48 Å². The molecule has 1 aromatic heterocycles. The number of amides is 1. The Morgan fingerprint density at radius 3 is 2.69 bits per heavy atom. The molecule has 7 nitrogen and oxygen atoms in total. The monoisotopic (exact) mass is 227 g/mol. The summed E-state index contributed by atoms with van der Waals surface area (Å²) < 4.78 is 6.61. The van der Waals surface area contributed by atoms with Gasteiger partial charge in [0.2, 0.25) is 0 Å². The van der Waals surface area contributed by atoms with E-state index >= 15 is 0 Å². The number of nitrogens with zero attached hydrogens (tertiary/aromatic N) is 4. The number of nitrogens with one attached hydrogen (secondary N) is 1. The van der Waals surface area contributed by atoms with Crippen LogP contribution in [0, 0.1) is 0 Å². The maximum absolute atomic E-state index is 11.5. The first-order chi connectivity index (χ1) is 7.42. The predicted molar refractivity (Wildman–Crippen MR) is 56.5 cm³/mol. The van der Waals surface area contributed by atoms with Crippen molar-refractivity contribution in [2.24, 2.45) is 0 Å². The predicted octanol–water partition coefficient (Wildman–Crippen LogP) is 1.11. The summed E-state index contributed by atoms with van der Waals surface area (Å²) in [6.45, 7) is 7.35. The number of hydrogen-bond donors (Lipinski definition) is 1. The lowest BCUT2D eigenvalue weighted by molar-refractivity contribution is 0.0474. The molecule has 1 rings (SSSR count). The van der Waals surface area contributed by atoms with Gasteiger partial charge < -0.3 is 4.74 Å². The number of carbonyl (C=O) groups is 1. The second-order valence-corrected chi connectivity index (χ2v) is 4.36. The Hall–Kier alpha value is -1.66. The maximum Gasteiger partial charge on any atom is 0.409 e. The van der Waals surface area contributed by atoms with Crippen molar-refractivity contribution in [3.05, 3.63) is 6.33 Å². The van der Waals surface area contributed by atoms with Gasteiger partial charge >= 0.3 is 6.09 Å². The van der Waals surface area contributed by atoms with Crippen molar-refractivity contribution >= 4 is 6.09 Å². The van der Waals surface area contributed by atoms with Crippen molar-refractivity contribution in [3.63, 3.8) is 0 Å². The van der Waals surface area contributed by atoms with Crippen LogP contribution in [0.15, 0.2) is 6.33 Å². The molecular formula is C9H17N5O2. The molecule has 0 saturated carbocycles. The van der Waals surface area contributed by atoms with Crippen LogP contribution < -0.4 is 5.32 Å². The number of alkyl carbamates (subject to hydrolysis) is 1. The summed E-state index contributed by atoms with van der Waals surface area (Å²) in [5.74, 6) is 0. The van der Waals surface area contributed by atoms with E-state index < -0.39 is 11.7 Å². The van der Waals surface area contributed by atoms with Crippen LogP contribution in [-0.4, -0.2) is 31.9 Å². The van der Waals surface area contributed by atoms with Gasteiger partial charge in [-0.1, -0.05) is 6.92 Å². The molecule has 0 aliphatic rings. The molecule has 1 aromatic rings. The Morgan fingerprint density at radius 2 is 2.25 bits per heavy atom. The molecule has 1 amide bonds. The normalized spacial score (nSPS) is 13.2. The first-order valence-electron chi connectivity index (χ1n) is 5.14. The van der Waals surface area contributed by atoms with Crippen molar-refractivity contribution < 1.29 is 9.53 Å². The number of ether oxygens (including phenoxy) is 1. The molecule has 1 N–H and O–H groups in total. The third-order valence-corrected chi connectivity index (χ3v) is 1.75. The Morgan fingerprint density at radius 1 is 1.56 bits per heavy atom. The number of carbonyl (C=O) groups excluding carboxylic acids is 1. The van der Waals surface area contributed by atoms with Gasteiger partial charge in [-0.15, -0.1) is 5.10 Å². The van der Waals surface area contributed by atoms with E-state index in [9.17, 15) is 4.79 Å². The molecule has 16 heavy (non-hydrogen) atoms. The summed E-state index contributed by atoms with van der Waals surface area (Å²) in [5, 5.41) is 13.4. The van der Waals surface area contributed by atoms with Gasteiger partial charge in [-0.3, -0.25) is 5.32 Å². The first-order valence-corrected chi connectivity index (χ1v) is 5.14. The summed E-state index contributed by atoms with van der Waals surface area (Å²) >= 11 is 0. The summed E-state index contributed by atoms with van der Waals surface area (Å²) in [7, 11) is 0. The second-order valence-electron chi connectivity index (χ2n) is 4.36. The molecule has 0 bridgehead atoms. The highest BCUT2D eigenvalue weighted by atomic mass is 16.6. The SMILES string of the molecule is CCC(NC(=O)OC(C)(C)C)n1cnnn1. The molecule has 0 saturated heterocycles. The van der Waals surface area contributed by atoms with Crippen LogP contribution in [0.5, 0.6) is 0 Å². The third kappa shape index (κ3) is 3.84. The highest BCUT2D eigenvalue weighted by Gasteiger charge is 2.19. The summed E-state index contributed by atoms with van der Waals surface area (Å²) in [4.78, 5) is 11.5. The molecule has 1 atom stereocenters. The van der Waals surface area contributed by atoms with Gasteiger partial charge in [0.25, 0.3) is 0 Å². The van der Waals surface area contributed by atoms with E-state index in [1.807, 2.05) is 27.7 Å². The summed E-state index contributed by atoms with van der Waals surface area (Å²) in [6.07, 6.45) is 1.36. The van der Waals surface area contributed by atoms with Crippen LogP contribution in [0.1, 0.15) is 40.3 Å². The van der Waals surface area contributed by atoms with E-state index in [1.54, 1.807) is 0 Å². The van der Waals surface area contributed by atoms with Crippen molar-refractivity contribution in [2.75, 3.05) is 0 Å². The average molecular weight is 227 g/mol.